The lowest BCUT2D eigenvalue weighted by Gasteiger charge is -2.00. The standard InChI is InChI=1S/C4H8N6OS/c5-3(11)6-1-2-10-4(12)7-8-9-10/h1-2H2,(H3,5,6,11)(H,7,9,12). The van der Waals surface area contributed by atoms with E-state index in [0.717, 1.165) is 0 Å². The number of nitrogens with one attached hydrogen (secondary N) is 1. The monoisotopic (exact) mass is 188 g/mol. The van der Waals surface area contributed by atoms with Gasteiger partial charge in [0.25, 0.3) is 0 Å². The maximum absolute atomic E-state index is 10.2. The molecular weight excluding hydrogens is 180 g/mol. The van der Waals surface area contributed by atoms with Crippen molar-refractivity contribution in [2.75, 3.05) is 6.54 Å². The summed E-state index contributed by atoms with van der Waals surface area (Å²) in [6.45, 7) is 0.836. The molecule has 0 saturated heterocycles. The number of primary amides is 1. The molecule has 3 N–H and O–H groups in total. The zero-order valence-corrected chi connectivity index (χ0v) is 7.03. The lowest BCUT2D eigenvalue weighted by molar-refractivity contribution is 0.248. The quantitative estimate of drug-likeness (QED) is 0.509. The Bertz CT molecular complexity index is 272. The number of thiol groups is 1. The molecule has 0 spiro atoms. The molecule has 66 valence electrons. The van der Waals surface area contributed by atoms with E-state index in [1.807, 2.05) is 0 Å². The molecule has 0 saturated carbocycles. The van der Waals surface area contributed by atoms with E-state index in [4.69, 9.17) is 5.73 Å². The number of nitrogens with zero attached hydrogens (tertiary/aromatic N) is 4. The Morgan fingerprint density at radius 1 is 1.75 bits per heavy atom. The van der Waals surface area contributed by atoms with Crippen molar-refractivity contribution >= 4 is 18.7 Å². The van der Waals surface area contributed by atoms with E-state index in [2.05, 4.69) is 33.5 Å². The van der Waals surface area contributed by atoms with Gasteiger partial charge in [-0.2, -0.15) is 0 Å². The summed E-state index contributed by atoms with van der Waals surface area (Å²) in [5.74, 6) is 0. The molecule has 0 atom stereocenters. The first-order chi connectivity index (χ1) is 5.70. The predicted molar refractivity (Wildman–Crippen MR) is 42.7 cm³/mol. The molecule has 0 fully saturated rings. The number of tetrazole rings is 1. The Labute approximate surface area is 73.7 Å². The van der Waals surface area contributed by atoms with Crippen LogP contribution in [-0.2, 0) is 6.54 Å². The fraction of sp³-hybridized carbons (Fsp3) is 0.500. The molecule has 0 bridgehead atoms. The van der Waals surface area contributed by atoms with Crippen molar-refractivity contribution in [1.82, 2.24) is 25.5 Å². The number of carbonyl (C=O) groups excluding carboxylic acids is 1. The van der Waals surface area contributed by atoms with Crippen LogP contribution in [0.3, 0.4) is 0 Å². The van der Waals surface area contributed by atoms with Crippen molar-refractivity contribution in [3.05, 3.63) is 0 Å². The lowest BCUT2D eigenvalue weighted by atomic mass is 10.6. The second kappa shape index (κ2) is 3.90. The largest absolute Gasteiger partial charge is 0.352 e. The van der Waals surface area contributed by atoms with E-state index in [1.165, 1.54) is 4.68 Å². The minimum atomic E-state index is -0.566. The number of aromatic nitrogens is 4. The molecule has 1 heterocycles. The molecule has 0 aromatic carbocycles. The molecular formula is C4H8N6OS. The zero-order valence-electron chi connectivity index (χ0n) is 6.14. The number of carbonyl (C=O) groups is 1. The molecule has 0 aliphatic rings. The van der Waals surface area contributed by atoms with E-state index < -0.39 is 6.03 Å². The molecule has 1 rings (SSSR count). The molecule has 2 amide bonds. The molecule has 1 aromatic rings. The van der Waals surface area contributed by atoms with Gasteiger partial charge in [0.15, 0.2) is 0 Å². The second-order valence-electron chi connectivity index (χ2n) is 1.99. The summed E-state index contributed by atoms with van der Waals surface area (Å²) in [5, 5.41) is 13.3. The molecule has 0 radical (unpaired) electrons. The third-order valence-corrected chi connectivity index (χ3v) is 1.46. The summed E-state index contributed by atoms with van der Waals surface area (Å²) in [5.41, 5.74) is 4.84. The molecule has 8 heteroatoms. The van der Waals surface area contributed by atoms with Gasteiger partial charge in [-0.25, -0.2) is 9.48 Å². The molecule has 7 nitrogen and oxygen atoms in total. The van der Waals surface area contributed by atoms with Gasteiger partial charge in [0, 0.05) is 6.54 Å². The van der Waals surface area contributed by atoms with Gasteiger partial charge in [-0.1, -0.05) is 0 Å². The van der Waals surface area contributed by atoms with E-state index in [1.54, 1.807) is 0 Å². The Balaban J connectivity index is 2.33. The van der Waals surface area contributed by atoms with Crippen LogP contribution in [0.15, 0.2) is 5.16 Å². The maximum Gasteiger partial charge on any atom is 0.312 e. The Morgan fingerprint density at radius 3 is 3.00 bits per heavy atom. The van der Waals surface area contributed by atoms with Crippen LogP contribution < -0.4 is 11.1 Å². The van der Waals surface area contributed by atoms with Gasteiger partial charge < -0.3 is 11.1 Å². The fourth-order valence-corrected chi connectivity index (χ4v) is 0.810. The fourth-order valence-electron chi connectivity index (χ4n) is 0.630. The van der Waals surface area contributed by atoms with E-state index in [0.29, 0.717) is 18.2 Å². The summed E-state index contributed by atoms with van der Waals surface area (Å²) in [7, 11) is 0. The van der Waals surface area contributed by atoms with Gasteiger partial charge in [0.2, 0.25) is 5.16 Å². The molecule has 12 heavy (non-hydrogen) atoms. The van der Waals surface area contributed by atoms with Crippen LogP contribution in [-0.4, -0.2) is 32.8 Å². The van der Waals surface area contributed by atoms with Gasteiger partial charge in [0.05, 0.1) is 6.54 Å². The molecule has 0 aliphatic heterocycles. The zero-order chi connectivity index (χ0) is 8.97. The minimum Gasteiger partial charge on any atom is -0.352 e. The van der Waals surface area contributed by atoms with Crippen molar-refractivity contribution < 1.29 is 4.79 Å². The van der Waals surface area contributed by atoms with Gasteiger partial charge in [-0.05, 0) is 10.4 Å². The SMILES string of the molecule is NC(=O)NCCn1nnnc1S. The van der Waals surface area contributed by atoms with Gasteiger partial charge in [-0.3, -0.25) is 0 Å². The van der Waals surface area contributed by atoms with Gasteiger partial charge in [0.1, 0.15) is 0 Å². The molecule has 1 aromatic heterocycles. The van der Waals surface area contributed by atoms with E-state index >= 15 is 0 Å². The summed E-state index contributed by atoms with van der Waals surface area (Å²) in [6.07, 6.45) is 0. The highest BCUT2D eigenvalue weighted by Gasteiger charge is 1.99. The Kier molecular flexibility index (Phi) is 2.86. The first-order valence-electron chi connectivity index (χ1n) is 3.18. The van der Waals surface area contributed by atoms with Crippen LogP contribution in [0, 0.1) is 0 Å². The van der Waals surface area contributed by atoms with Crippen molar-refractivity contribution in [1.29, 1.82) is 0 Å². The van der Waals surface area contributed by atoms with E-state index in [-0.39, 0.29) is 0 Å². The number of amides is 2. The van der Waals surface area contributed by atoms with Crippen LogP contribution in [0.2, 0.25) is 0 Å². The highest BCUT2D eigenvalue weighted by atomic mass is 32.1. The number of hydrogen-bond donors (Lipinski definition) is 3. The van der Waals surface area contributed by atoms with Crippen molar-refractivity contribution in [3.63, 3.8) is 0 Å². The van der Waals surface area contributed by atoms with Crippen molar-refractivity contribution in [2.45, 2.75) is 11.7 Å². The second-order valence-corrected chi connectivity index (χ2v) is 2.39. The summed E-state index contributed by atoms with van der Waals surface area (Å²) >= 11 is 3.96. The highest BCUT2D eigenvalue weighted by molar-refractivity contribution is 7.80. The summed E-state index contributed by atoms with van der Waals surface area (Å²) in [4.78, 5) is 10.2. The topological polar surface area (TPSA) is 98.7 Å². The van der Waals surface area contributed by atoms with E-state index in [9.17, 15) is 4.79 Å². The minimum absolute atomic E-state index is 0.383. The van der Waals surface area contributed by atoms with Crippen LogP contribution >= 0.6 is 12.6 Å². The van der Waals surface area contributed by atoms with Crippen LogP contribution in [0.5, 0.6) is 0 Å². The number of urea groups is 1. The van der Waals surface area contributed by atoms with Gasteiger partial charge >= 0.3 is 6.03 Å². The van der Waals surface area contributed by atoms with Gasteiger partial charge in [-0.15, -0.1) is 17.7 Å². The third kappa shape index (κ3) is 2.38. The Hall–Kier alpha value is -1.31. The highest BCUT2D eigenvalue weighted by Crippen LogP contribution is 1.95. The van der Waals surface area contributed by atoms with Crippen LogP contribution in [0.25, 0.3) is 0 Å². The first kappa shape index (κ1) is 8.78. The maximum atomic E-state index is 10.2. The average Bonchev–Trinajstić information content (AvgIpc) is 2.36. The predicted octanol–water partition coefficient (Wildman–Crippen LogP) is -1.37. The number of rotatable bonds is 3. The van der Waals surface area contributed by atoms with Crippen molar-refractivity contribution in [2.24, 2.45) is 5.73 Å². The lowest BCUT2D eigenvalue weighted by Crippen LogP contribution is -2.32. The summed E-state index contributed by atoms with van der Waals surface area (Å²) < 4.78 is 1.44. The van der Waals surface area contributed by atoms with Crippen molar-refractivity contribution in [3.8, 4) is 0 Å². The number of nitrogens with two attached hydrogens (primary N) is 1. The Morgan fingerprint density at radius 2 is 2.50 bits per heavy atom. The van der Waals surface area contributed by atoms with Crippen LogP contribution in [0.4, 0.5) is 4.79 Å². The smallest absolute Gasteiger partial charge is 0.312 e. The molecule has 0 aliphatic carbocycles. The average molecular weight is 188 g/mol. The van der Waals surface area contributed by atoms with Crippen LogP contribution in [0.1, 0.15) is 0 Å². The molecule has 0 unspecified atom stereocenters. The summed E-state index contributed by atoms with van der Waals surface area (Å²) in [6, 6.07) is -0.566. The third-order valence-electron chi connectivity index (χ3n) is 1.14. The number of hydrogen-bond acceptors (Lipinski definition) is 5. The first-order valence-corrected chi connectivity index (χ1v) is 3.63. The normalized spacial score (nSPS) is 9.75.